The monoisotopic (exact) mass is 233 g/mol. The Hall–Kier alpha value is -1.01. The summed E-state index contributed by atoms with van der Waals surface area (Å²) < 4.78 is 0. The quantitative estimate of drug-likeness (QED) is 0.667. The summed E-state index contributed by atoms with van der Waals surface area (Å²) in [6, 6.07) is -1.06. The van der Waals surface area contributed by atoms with Gasteiger partial charge in [-0.05, 0) is 18.2 Å². The highest BCUT2D eigenvalue weighted by Gasteiger charge is 2.12. The van der Waals surface area contributed by atoms with Gasteiger partial charge in [-0.2, -0.15) is 0 Å². The highest BCUT2D eigenvalue weighted by atomic mass is 32.2. The molecule has 0 fully saturated rings. The number of carboxylic acid groups (broad SMARTS) is 2. The number of nitrogens with two attached hydrogens (primary N) is 1. The molecule has 0 aliphatic carbocycles. The van der Waals surface area contributed by atoms with E-state index in [-0.39, 0.29) is 12.8 Å². The average Bonchev–Trinajstić information content (AvgIpc) is 2.71. The van der Waals surface area contributed by atoms with E-state index in [4.69, 9.17) is 15.9 Å². The number of hydrogen-bond donors (Lipinski definition) is 3. The van der Waals surface area contributed by atoms with Gasteiger partial charge in [-0.1, -0.05) is 6.08 Å². The van der Waals surface area contributed by atoms with Crippen LogP contribution in [0.15, 0.2) is 11.5 Å². The zero-order chi connectivity index (χ0) is 11.7. The SMILES string of the molecule is C1=CSCC1.N[C@@H](CCC(=O)O)C(=O)O. The van der Waals surface area contributed by atoms with Crippen LogP contribution in [0.3, 0.4) is 0 Å². The standard InChI is InChI=1S/C5H9NO4.C4H6S/c6-3(5(9)10)1-2-4(7)8;1-2-4-5-3-1/h3H,1-2,6H2,(H,7,8)(H,9,10);1,3H,2,4H2/t3-;/m0./s1. The Labute approximate surface area is 92.3 Å². The molecule has 0 aromatic rings. The normalized spacial score (nSPS) is 15.3. The van der Waals surface area contributed by atoms with E-state index in [0.717, 1.165) is 0 Å². The molecular weight excluding hydrogens is 218 g/mol. The Bertz CT molecular complexity index is 236. The van der Waals surface area contributed by atoms with Gasteiger partial charge in [0.1, 0.15) is 6.04 Å². The second-order valence-electron chi connectivity index (χ2n) is 2.91. The molecule has 6 heteroatoms. The second-order valence-corrected chi connectivity index (χ2v) is 3.92. The number of hydrogen-bond acceptors (Lipinski definition) is 4. The lowest BCUT2D eigenvalue weighted by Gasteiger charge is -2.01. The summed E-state index contributed by atoms with van der Waals surface area (Å²) in [5.74, 6) is -0.891. The lowest BCUT2D eigenvalue weighted by Crippen LogP contribution is -2.30. The third-order valence-corrected chi connectivity index (χ3v) is 2.44. The fourth-order valence-corrected chi connectivity index (χ4v) is 1.42. The molecule has 1 rings (SSSR count). The van der Waals surface area contributed by atoms with E-state index in [0.29, 0.717) is 0 Å². The molecule has 0 radical (unpaired) electrons. The first-order valence-corrected chi connectivity index (χ1v) is 5.55. The molecule has 0 amide bonds. The minimum Gasteiger partial charge on any atom is -0.481 e. The third-order valence-electron chi connectivity index (χ3n) is 1.58. The lowest BCUT2D eigenvalue weighted by molar-refractivity contribution is -0.139. The Kier molecular flexibility index (Phi) is 7.75. The van der Waals surface area contributed by atoms with Crippen LogP contribution in [0.1, 0.15) is 19.3 Å². The third kappa shape index (κ3) is 9.30. The molecule has 1 heterocycles. The van der Waals surface area contributed by atoms with Crippen LogP contribution in [0.2, 0.25) is 0 Å². The molecular formula is C9H15NO4S. The van der Waals surface area contributed by atoms with Gasteiger partial charge in [0.05, 0.1) is 0 Å². The Morgan fingerprint density at radius 3 is 2.40 bits per heavy atom. The van der Waals surface area contributed by atoms with Gasteiger partial charge in [0, 0.05) is 12.2 Å². The van der Waals surface area contributed by atoms with E-state index < -0.39 is 18.0 Å². The topological polar surface area (TPSA) is 101 Å². The molecule has 86 valence electrons. The molecule has 0 saturated carbocycles. The van der Waals surface area contributed by atoms with Gasteiger partial charge in [0.2, 0.25) is 0 Å². The second kappa shape index (κ2) is 8.31. The average molecular weight is 233 g/mol. The van der Waals surface area contributed by atoms with Crippen LogP contribution in [-0.4, -0.2) is 33.9 Å². The van der Waals surface area contributed by atoms with E-state index >= 15 is 0 Å². The molecule has 4 N–H and O–H groups in total. The molecule has 1 aliphatic rings. The van der Waals surface area contributed by atoms with Gasteiger partial charge in [0.15, 0.2) is 0 Å². The number of carbonyl (C=O) groups is 2. The van der Waals surface area contributed by atoms with Crippen LogP contribution in [0.25, 0.3) is 0 Å². The lowest BCUT2D eigenvalue weighted by atomic mass is 10.2. The maximum Gasteiger partial charge on any atom is 0.320 e. The Balaban J connectivity index is 0.000000322. The van der Waals surface area contributed by atoms with Crippen LogP contribution in [0.4, 0.5) is 0 Å². The van der Waals surface area contributed by atoms with E-state index in [1.54, 1.807) is 0 Å². The fraction of sp³-hybridized carbons (Fsp3) is 0.556. The van der Waals surface area contributed by atoms with Crippen molar-refractivity contribution in [1.29, 1.82) is 0 Å². The van der Waals surface area contributed by atoms with Crippen molar-refractivity contribution in [3.05, 3.63) is 11.5 Å². The molecule has 15 heavy (non-hydrogen) atoms. The summed E-state index contributed by atoms with van der Waals surface area (Å²) in [7, 11) is 0. The van der Waals surface area contributed by atoms with Crippen molar-refractivity contribution >= 4 is 23.7 Å². The van der Waals surface area contributed by atoms with Crippen molar-refractivity contribution < 1.29 is 19.8 Å². The van der Waals surface area contributed by atoms with Crippen molar-refractivity contribution in [1.82, 2.24) is 0 Å². The zero-order valence-corrected chi connectivity index (χ0v) is 9.07. The molecule has 0 aromatic heterocycles. The molecule has 0 saturated heterocycles. The molecule has 0 spiro atoms. The van der Waals surface area contributed by atoms with Crippen LogP contribution in [0.5, 0.6) is 0 Å². The summed E-state index contributed by atoms with van der Waals surface area (Å²) >= 11 is 1.89. The summed E-state index contributed by atoms with van der Waals surface area (Å²) in [5.41, 5.74) is 5.00. The van der Waals surface area contributed by atoms with Gasteiger partial charge >= 0.3 is 11.9 Å². The summed E-state index contributed by atoms with van der Waals surface area (Å²) in [4.78, 5) is 19.9. The first-order chi connectivity index (χ1) is 7.04. The number of aliphatic carboxylic acids is 2. The molecule has 5 nitrogen and oxygen atoms in total. The van der Waals surface area contributed by atoms with Gasteiger partial charge in [-0.3, -0.25) is 9.59 Å². The fourth-order valence-electron chi connectivity index (χ4n) is 0.743. The highest BCUT2D eigenvalue weighted by molar-refractivity contribution is 8.02. The van der Waals surface area contributed by atoms with Crippen molar-refractivity contribution in [3.8, 4) is 0 Å². The van der Waals surface area contributed by atoms with E-state index in [9.17, 15) is 9.59 Å². The summed E-state index contributed by atoms with van der Waals surface area (Å²) in [5, 5.41) is 18.4. The predicted octanol–water partition coefficient (Wildman–Crippen LogP) is 0.900. The van der Waals surface area contributed by atoms with E-state index in [1.807, 2.05) is 11.8 Å². The first-order valence-electron chi connectivity index (χ1n) is 4.51. The van der Waals surface area contributed by atoms with Crippen molar-refractivity contribution in [2.75, 3.05) is 5.75 Å². The smallest absolute Gasteiger partial charge is 0.320 e. The van der Waals surface area contributed by atoms with Crippen LogP contribution in [-0.2, 0) is 9.59 Å². The number of allylic oxidation sites excluding steroid dienone is 1. The Morgan fingerprint density at radius 2 is 2.13 bits per heavy atom. The minimum absolute atomic E-state index is 0.0231. The largest absolute Gasteiger partial charge is 0.481 e. The van der Waals surface area contributed by atoms with E-state index in [1.165, 1.54) is 12.2 Å². The van der Waals surface area contributed by atoms with Gasteiger partial charge in [0.25, 0.3) is 0 Å². The van der Waals surface area contributed by atoms with Gasteiger partial charge < -0.3 is 15.9 Å². The van der Waals surface area contributed by atoms with Crippen molar-refractivity contribution in [2.24, 2.45) is 5.73 Å². The zero-order valence-electron chi connectivity index (χ0n) is 8.26. The number of rotatable bonds is 4. The van der Waals surface area contributed by atoms with E-state index in [2.05, 4.69) is 11.5 Å². The van der Waals surface area contributed by atoms with Crippen LogP contribution in [0, 0.1) is 0 Å². The first kappa shape index (κ1) is 14.0. The highest BCUT2D eigenvalue weighted by Crippen LogP contribution is 2.11. The van der Waals surface area contributed by atoms with Crippen molar-refractivity contribution in [2.45, 2.75) is 25.3 Å². The molecule has 0 aromatic carbocycles. The summed E-state index contributed by atoms with van der Waals surface area (Å²) in [6.07, 6.45) is 3.26. The summed E-state index contributed by atoms with van der Waals surface area (Å²) in [6.45, 7) is 0. The minimum atomic E-state index is -1.17. The van der Waals surface area contributed by atoms with Crippen LogP contribution < -0.4 is 5.73 Å². The predicted molar refractivity (Wildman–Crippen MR) is 58.7 cm³/mol. The molecule has 1 aliphatic heterocycles. The van der Waals surface area contributed by atoms with Crippen LogP contribution >= 0.6 is 11.8 Å². The van der Waals surface area contributed by atoms with Crippen molar-refractivity contribution in [3.63, 3.8) is 0 Å². The molecule has 1 atom stereocenters. The molecule has 0 unspecified atom stereocenters. The maximum absolute atomic E-state index is 9.99. The number of carboxylic acids is 2. The van der Waals surface area contributed by atoms with Gasteiger partial charge in [-0.25, -0.2) is 0 Å². The van der Waals surface area contributed by atoms with Gasteiger partial charge in [-0.15, -0.1) is 11.8 Å². The number of thioether (sulfide) groups is 1. The maximum atomic E-state index is 9.99. The molecule has 0 bridgehead atoms. The Morgan fingerprint density at radius 1 is 1.47 bits per heavy atom.